The van der Waals surface area contributed by atoms with Crippen LogP contribution in [0.4, 0.5) is 0 Å². The van der Waals surface area contributed by atoms with Gasteiger partial charge in [-0.15, -0.1) is 12.4 Å². The largest absolute Gasteiger partial charge is 0.496 e. The summed E-state index contributed by atoms with van der Waals surface area (Å²) in [6.45, 7) is 1.78. The van der Waals surface area contributed by atoms with Gasteiger partial charge in [0.15, 0.2) is 0 Å². The molecule has 0 aliphatic carbocycles. The molecule has 0 bridgehead atoms. The van der Waals surface area contributed by atoms with Crippen molar-refractivity contribution in [3.8, 4) is 5.75 Å². The highest BCUT2D eigenvalue weighted by molar-refractivity contribution is 5.85. The summed E-state index contributed by atoms with van der Waals surface area (Å²) in [4.78, 5) is 11.8. The number of carbonyl (C=O) groups excluding carboxylic acids is 1. The maximum atomic E-state index is 11.8. The van der Waals surface area contributed by atoms with Crippen LogP contribution in [0.3, 0.4) is 0 Å². The van der Waals surface area contributed by atoms with E-state index >= 15 is 0 Å². The molecule has 1 heterocycles. The summed E-state index contributed by atoms with van der Waals surface area (Å²) in [5.41, 5.74) is 0.928. The summed E-state index contributed by atoms with van der Waals surface area (Å²) in [6, 6.07) is 8.06. The maximum absolute atomic E-state index is 11.8. The van der Waals surface area contributed by atoms with Crippen molar-refractivity contribution in [2.24, 2.45) is 0 Å². The molecule has 19 heavy (non-hydrogen) atoms. The molecule has 1 unspecified atom stereocenters. The van der Waals surface area contributed by atoms with E-state index in [1.54, 1.807) is 7.11 Å². The lowest BCUT2D eigenvalue weighted by Gasteiger charge is -2.12. The number of carbonyl (C=O) groups is 1. The fourth-order valence-electron chi connectivity index (χ4n) is 2.25. The molecule has 0 spiro atoms. The molecule has 0 aromatic heterocycles. The Balaban J connectivity index is 0.00000180. The van der Waals surface area contributed by atoms with Crippen LogP contribution in [0, 0.1) is 0 Å². The van der Waals surface area contributed by atoms with Crippen molar-refractivity contribution in [3.63, 3.8) is 0 Å². The lowest BCUT2D eigenvalue weighted by atomic mass is 10.1. The molecule has 2 rings (SSSR count). The summed E-state index contributed by atoms with van der Waals surface area (Å²) < 4.78 is 5.23. The Morgan fingerprint density at radius 1 is 1.47 bits per heavy atom. The first kappa shape index (κ1) is 15.8. The highest BCUT2D eigenvalue weighted by Gasteiger charge is 2.15. The number of methoxy groups -OCH3 is 1. The van der Waals surface area contributed by atoms with Gasteiger partial charge in [-0.05, 0) is 25.5 Å². The molecule has 0 radical (unpaired) electrons. The van der Waals surface area contributed by atoms with Crippen LogP contribution in [0.5, 0.6) is 5.75 Å². The SMILES string of the molecule is COc1ccccc1CC(=O)NCC1CCCN1.Cl. The van der Waals surface area contributed by atoms with Gasteiger partial charge in [0, 0.05) is 18.2 Å². The van der Waals surface area contributed by atoms with E-state index < -0.39 is 0 Å². The van der Waals surface area contributed by atoms with Gasteiger partial charge in [0.05, 0.1) is 13.5 Å². The van der Waals surface area contributed by atoms with Gasteiger partial charge in [-0.3, -0.25) is 4.79 Å². The van der Waals surface area contributed by atoms with E-state index in [4.69, 9.17) is 4.74 Å². The topological polar surface area (TPSA) is 50.4 Å². The first-order valence-electron chi connectivity index (χ1n) is 6.41. The average molecular weight is 285 g/mol. The van der Waals surface area contributed by atoms with Gasteiger partial charge < -0.3 is 15.4 Å². The van der Waals surface area contributed by atoms with Gasteiger partial charge in [0.1, 0.15) is 5.75 Å². The van der Waals surface area contributed by atoms with E-state index in [1.807, 2.05) is 24.3 Å². The summed E-state index contributed by atoms with van der Waals surface area (Å²) in [7, 11) is 1.62. The van der Waals surface area contributed by atoms with E-state index in [0.29, 0.717) is 19.0 Å². The van der Waals surface area contributed by atoms with Gasteiger partial charge in [0.25, 0.3) is 0 Å². The summed E-state index contributed by atoms with van der Waals surface area (Å²) >= 11 is 0. The number of ether oxygens (including phenoxy) is 1. The number of hydrogen-bond acceptors (Lipinski definition) is 3. The average Bonchev–Trinajstić information content (AvgIpc) is 2.90. The number of benzene rings is 1. The van der Waals surface area contributed by atoms with Crippen molar-refractivity contribution in [1.29, 1.82) is 0 Å². The minimum Gasteiger partial charge on any atom is -0.496 e. The highest BCUT2D eigenvalue weighted by Crippen LogP contribution is 2.17. The molecular formula is C14H21ClN2O2. The Hall–Kier alpha value is -1.26. The molecule has 1 amide bonds. The molecule has 4 nitrogen and oxygen atoms in total. The van der Waals surface area contributed by atoms with Gasteiger partial charge in [-0.1, -0.05) is 18.2 Å². The van der Waals surface area contributed by atoms with Crippen LogP contribution in [-0.4, -0.2) is 32.1 Å². The van der Waals surface area contributed by atoms with E-state index in [-0.39, 0.29) is 18.3 Å². The number of nitrogens with one attached hydrogen (secondary N) is 2. The zero-order valence-electron chi connectivity index (χ0n) is 11.1. The molecule has 1 atom stereocenters. The van der Waals surface area contributed by atoms with Crippen molar-refractivity contribution >= 4 is 18.3 Å². The summed E-state index contributed by atoms with van der Waals surface area (Å²) in [5.74, 6) is 0.819. The molecule has 1 saturated heterocycles. The van der Waals surface area contributed by atoms with E-state index in [9.17, 15) is 4.79 Å². The quantitative estimate of drug-likeness (QED) is 0.862. The lowest BCUT2D eigenvalue weighted by Crippen LogP contribution is -2.37. The third kappa shape index (κ3) is 4.73. The second kappa shape index (κ2) is 8.02. The van der Waals surface area contributed by atoms with Crippen molar-refractivity contribution in [2.45, 2.75) is 25.3 Å². The summed E-state index contributed by atoms with van der Waals surface area (Å²) in [6.07, 6.45) is 2.72. The Bertz CT molecular complexity index is 406. The third-order valence-electron chi connectivity index (χ3n) is 3.25. The molecule has 5 heteroatoms. The minimum atomic E-state index is 0. The number of para-hydroxylation sites is 1. The third-order valence-corrected chi connectivity index (χ3v) is 3.25. The minimum absolute atomic E-state index is 0. The lowest BCUT2D eigenvalue weighted by molar-refractivity contribution is -0.120. The van der Waals surface area contributed by atoms with Gasteiger partial charge in [0.2, 0.25) is 5.91 Å². The number of amides is 1. The number of hydrogen-bond donors (Lipinski definition) is 2. The molecule has 2 N–H and O–H groups in total. The zero-order chi connectivity index (χ0) is 12.8. The molecule has 1 fully saturated rings. The Kier molecular flexibility index (Phi) is 6.67. The van der Waals surface area contributed by atoms with Crippen LogP contribution in [0.1, 0.15) is 18.4 Å². The molecule has 0 saturated carbocycles. The monoisotopic (exact) mass is 284 g/mol. The standard InChI is InChI=1S/C14H20N2O2.ClH/c1-18-13-7-3-2-5-11(13)9-14(17)16-10-12-6-4-8-15-12;/h2-3,5,7,12,15H,4,6,8-10H2,1H3,(H,16,17);1H. The fourth-order valence-corrected chi connectivity index (χ4v) is 2.25. The molecule has 1 aliphatic heterocycles. The van der Waals surface area contributed by atoms with Crippen LogP contribution in [0.2, 0.25) is 0 Å². The van der Waals surface area contributed by atoms with E-state index in [0.717, 1.165) is 24.3 Å². The van der Waals surface area contributed by atoms with Crippen LogP contribution in [0.25, 0.3) is 0 Å². The van der Waals surface area contributed by atoms with Crippen LogP contribution in [-0.2, 0) is 11.2 Å². The predicted molar refractivity (Wildman–Crippen MR) is 78.0 cm³/mol. The highest BCUT2D eigenvalue weighted by atomic mass is 35.5. The maximum Gasteiger partial charge on any atom is 0.224 e. The number of halogens is 1. The molecule has 106 valence electrons. The van der Waals surface area contributed by atoms with Gasteiger partial charge in [-0.2, -0.15) is 0 Å². The van der Waals surface area contributed by atoms with Crippen LogP contribution < -0.4 is 15.4 Å². The second-order valence-corrected chi connectivity index (χ2v) is 4.59. The molecule has 1 aromatic carbocycles. The fraction of sp³-hybridized carbons (Fsp3) is 0.500. The van der Waals surface area contributed by atoms with E-state index in [2.05, 4.69) is 10.6 Å². The van der Waals surface area contributed by atoms with Crippen molar-refractivity contribution in [3.05, 3.63) is 29.8 Å². The second-order valence-electron chi connectivity index (χ2n) is 4.59. The predicted octanol–water partition coefficient (Wildman–Crippen LogP) is 1.53. The molecular weight excluding hydrogens is 264 g/mol. The Morgan fingerprint density at radius 2 is 2.26 bits per heavy atom. The van der Waals surface area contributed by atoms with E-state index in [1.165, 1.54) is 6.42 Å². The van der Waals surface area contributed by atoms with Gasteiger partial charge >= 0.3 is 0 Å². The molecule has 1 aliphatic rings. The van der Waals surface area contributed by atoms with Crippen molar-refractivity contribution in [2.75, 3.05) is 20.2 Å². The normalized spacial score (nSPS) is 17.6. The van der Waals surface area contributed by atoms with Crippen LogP contribution >= 0.6 is 12.4 Å². The van der Waals surface area contributed by atoms with Crippen molar-refractivity contribution < 1.29 is 9.53 Å². The first-order chi connectivity index (χ1) is 8.79. The van der Waals surface area contributed by atoms with Crippen LogP contribution in [0.15, 0.2) is 24.3 Å². The number of rotatable bonds is 5. The zero-order valence-corrected chi connectivity index (χ0v) is 12.0. The smallest absolute Gasteiger partial charge is 0.224 e. The summed E-state index contributed by atoms with van der Waals surface area (Å²) in [5, 5.41) is 6.33. The Labute approximate surface area is 120 Å². The van der Waals surface area contributed by atoms with Crippen molar-refractivity contribution in [1.82, 2.24) is 10.6 Å². The molecule has 1 aromatic rings. The Morgan fingerprint density at radius 3 is 2.95 bits per heavy atom. The first-order valence-corrected chi connectivity index (χ1v) is 6.41. The van der Waals surface area contributed by atoms with Gasteiger partial charge in [-0.25, -0.2) is 0 Å².